The molecule has 0 radical (unpaired) electrons. The number of rotatable bonds is 8. The number of aromatic amines is 1. The minimum atomic E-state index is 0.457. The highest BCUT2D eigenvalue weighted by Gasteiger charge is 2.12. The summed E-state index contributed by atoms with van der Waals surface area (Å²) in [6.07, 6.45) is 9.59. The Kier molecular flexibility index (Phi) is 6.03. The Morgan fingerprint density at radius 2 is 1.78 bits per heavy atom. The van der Waals surface area contributed by atoms with E-state index in [0.717, 1.165) is 47.0 Å². The minimum Gasteiger partial charge on any atom is -0.382 e. The fourth-order valence-electron chi connectivity index (χ4n) is 3.71. The summed E-state index contributed by atoms with van der Waals surface area (Å²) >= 11 is 0. The largest absolute Gasteiger partial charge is 0.382 e. The van der Waals surface area contributed by atoms with Gasteiger partial charge in [0.1, 0.15) is 22.7 Å². The minimum absolute atomic E-state index is 0.457. The fourth-order valence-corrected chi connectivity index (χ4v) is 3.71. The molecule has 2 aromatic heterocycles. The number of benzene rings is 1. The molecule has 0 aliphatic carbocycles. The van der Waals surface area contributed by atoms with Crippen molar-refractivity contribution in [2.75, 3.05) is 5.73 Å². The van der Waals surface area contributed by atoms with Gasteiger partial charge >= 0.3 is 0 Å². The number of fused-ring (bicyclic) bond motifs is 3. The van der Waals surface area contributed by atoms with Gasteiger partial charge in [-0.15, -0.1) is 0 Å². The van der Waals surface area contributed by atoms with Crippen LogP contribution in [0, 0.1) is 5.41 Å². The monoisotopic (exact) mass is 366 g/mol. The molecular weight excluding hydrogens is 332 g/mol. The van der Waals surface area contributed by atoms with Gasteiger partial charge in [-0.2, -0.15) is 0 Å². The van der Waals surface area contributed by atoms with Crippen LogP contribution in [0.5, 0.6) is 0 Å². The number of anilines is 1. The van der Waals surface area contributed by atoms with Crippen LogP contribution in [0.25, 0.3) is 21.9 Å². The van der Waals surface area contributed by atoms with E-state index in [2.05, 4.69) is 55.9 Å². The van der Waals surface area contributed by atoms with E-state index in [1.165, 1.54) is 37.7 Å². The Labute approximate surface area is 163 Å². The molecule has 4 nitrogen and oxygen atoms in total. The van der Waals surface area contributed by atoms with E-state index in [9.17, 15) is 0 Å². The average Bonchev–Trinajstić information content (AvgIpc) is 3.02. The molecule has 0 aliphatic heterocycles. The first-order valence-electron chi connectivity index (χ1n) is 10.4. The molecule has 0 saturated carbocycles. The van der Waals surface area contributed by atoms with Crippen molar-refractivity contribution >= 4 is 27.8 Å². The van der Waals surface area contributed by atoms with Crippen molar-refractivity contribution < 1.29 is 0 Å². The normalized spacial score (nSPS) is 12.3. The molecule has 0 amide bonds. The second-order valence-corrected chi connectivity index (χ2v) is 8.98. The van der Waals surface area contributed by atoms with E-state index in [0.29, 0.717) is 11.2 Å². The molecule has 0 saturated heterocycles. The van der Waals surface area contributed by atoms with Crippen molar-refractivity contribution in [3.63, 3.8) is 0 Å². The number of H-pyrrole nitrogens is 1. The standard InChI is InChI=1S/C23H34N4/c1-5-10-19-26-20-17-13-12-16(11-8-6-7-9-14-23(2,3)4)15-18(17)25-22(24)21(20)27-19/h12-13,15H,5-11,14H2,1-4H3,(H2,24,25)(H,26,27). The predicted molar refractivity (Wildman–Crippen MR) is 116 cm³/mol. The number of imidazole rings is 1. The highest BCUT2D eigenvalue weighted by atomic mass is 15.0. The topological polar surface area (TPSA) is 67.6 Å². The molecule has 0 fully saturated rings. The number of aromatic nitrogens is 3. The first-order valence-corrected chi connectivity index (χ1v) is 10.4. The first kappa shape index (κ1) is 19.7. The van der Waals surface area contributed by atoms with Crippen LogP contribution in [0.3, 0.4) is 0 Å². The van der Waals surface area contributed by atoms with E-state index in [1.54, 1.807) is 0 Å². The molecule has 3 rings (SSSR count). The summed E-state index contributed by atoms with van der Waals surface area (Å²) in [5, 5.41) is 1.09. The van der Waals surface area contributed by atoms with Gasteiger partial charge in [0.2, 0.25) is 0 Å². The number of nitrogen functional groups attached to an aromatic ring is 1. The highest BCUT2D eigenvalue weighted by Crippen LogP contribution is 2.28. The van der Waals surface area contributed by atoms with Crippen LogP contribution in [0.1, 0.15) is 77.6 Å². The third-order valence-corrected chi connectivity index (χ3v) is 5.20. The Morgan fingerprint density at radius 1 is 1.00 bits per heavy atom. The molecule has 4 heteroatoms. The van der Waals surface area contributed by atoms with Crippen molar-refractivity contribution in [1.82, 2.24) is 15.0 Å². The molecule has 1 aromatic carbocycles. The van der Waals surface area contributed by atoms with Gasteiger partial charge in [0.15, 0.2) is 0 Å². The highest BCUT2D eigenvalue weighted by molar-refractivity contribution is 6.06. The van der Waals surface area contributed by atoms with Crippen LogP contribution >= 0.6 is 0 Å². The number of hydrogen-bond donors (Lipinski definition) is 2. The van der Waals surface area contributed by atoms with Crippen molar-refractivity contribution in [3.8, 4) is 0 Å². The van der Waals surface area contributed by atoms with Gasteiger partial charge in [-0.3, -0.25) is 0 Å². The molecule has 0 atom stereocenters. The number of nitrogens with two attached hydrogens (primary N) is 1. The molecule has 3 aromatic rings. The summed E-state index contributed by atoms with van der Waals surface area (Å²) in [5.41, 5.74) is 10.8. The SMILES string of the molecule is CCCc1nc2c([nH]1)c(N)nc1cc(CCCCCCC(C)(C)C)ccc12. The van der Waals surface area contributed by atoms with Crippen molar-refractivity contribution in [3.05, 3.63) is 29.6 Å². The molecule has 146 valence electrons. The van der Waals surface area contributed by atoms with Crippen LogP contribution in [-0.2, 0) is 12.8 Å². The lowest BCUT2D eigenvalue weighted by Gasteiger charge is -2.17. The van der Waals surface area contributed by atoms with Gasteiger partial charge in [0, 0.05) is 11.8 Å². The number of nitrogens with zero attached hydrogens (tertiary/aromatic N) is 2. The molecule has 3 N–H and O–H groups in total. The lowest BCUT2D eigenvalue weighted by molar-refractivity contribution is 0.357. The summed E-state index contributed by atoms with van der Waals surface area (Å²) in [6, 6.07) is 6.58. The molecule has 0 spiro atoms. The molecule has 0 bridgehead atoms. The van der Waals surface area contributed by atoms with Crippen LogP contribution in [0.4, 0.5) is 5.82 Å². The zero-order chi connectivity index (χ0) is 19.4. The lowest BCUT2D eigenvalue weighted by Crippen LogP contribution is -2.03. The number of pyridine rings is 1. The predicted octanol–water partition coefficient (Wildman–Crippen LogP) is 6.18. The van der Waals surface area contributed by atoms with E-state index in [-0.39, 0.29) is 0 Å². The van der Waals surface area contributed by atoms with Gasteiger partial charge in [-0.05, 0) is 42.7 Å². The summed E-state index contributed by atoms with van der Waals surface area (Å²) in [5.74, 6) is 1.54. The zero-order valence-electron chi connectivity index (χ0n) is 17.4. The summed E-state index contributed by atoms with van der Waals surface area (Å²) in [4.78, 5) is 12.7. The van der Waals surface area contributed by atoms with Crippen molar-refractivity contribution in [1.29, 1.82) is 0 Å². The van der Waals surface area contributed by atoms with Gasteiger partial charge in [0.25, 0.3) is 0 Å². The van der Waals surface area contributed by atoms with Gasteiger partial charge in [0.05, 0.1) is 5.52 Å². The van der Waals surface area contributed by atoms with E-state index < -0.39 is 0 Å². The van der Waals surface area contributed by atoms with Gasteiger partial charge < -0.3 is 10.7 Å². The fraction of sp³-hybridized carbons (Fsp3) is 0.565. The van der Waals surface area contributed by atoms with E-state index in [1.807, 2.05) is 0 Å². The van der Waals surface area contributed by atoms with Gasteiger partial charge in [-0.1, -0.05) is 59.1 Å². The van der Waals surface area contributed by atoms with Gasteiger partial charge in [-0.25, -0.2) is 9.97 Å². The van der Waals surface area contributed by atoms with Crippen LogP contribution in [0.2, 0.25) is 0 Å². The van der Waals surface area contributed by atoms with Crippen LogP contribution in [-0.4, -0.2) is 15.0 Å². The van der Waals surface area contributed by atoms with Crippen LogP contribution in [0.15, 0.2) is 18.2 Å². The summed E-state index contributed by atoms with van der Waals surface area (Å²) < 4.78 is 0. The van der Waals surface area contributed by atoms with E-state index >= 15 is 0 Å². The average molecular weight is 367 g/mol. The summed E-state index contributed by atoms with van der Waals surface area (Å²) in [6.45, 7) is 9.12. The third-order valence-electron chi connectivity index (χ3n) is 5.20. The second kappa shape index (κ2) is 8.28. The number of nitrogens with one attached hydrogen (secondary N) is 1. The Bertz CT molecular complexity index is 902. The maximum atomic E-state index is 6.19. The second-order valence-electron chi connectivity index (χ2n) is 8.98. The molecule has 0 unspecified atom stereocenters. The maximum absolute atomic E-state index is 6.19. The first-order chi connectivity index (χ1) is 12.9. The smallest absolute Gasteiger partial charge is 0.150 e. The quantitative estimate of drug-likeness (QED) is 0.467. The Hall–Kier alpha value is -2.10. The molecular formula is C23H34N4. The Morgan fingerprint density at radius 3 is 2.52 bits per heavy atom. The van der Waals surface area contributed by atoms with Crippen molar-refractivity contribution in [2.45, 2.75) is 79.1 Å². The molecule has 2 heterocycles. The number of hydrogen-bond acceptors (Lipinski definition) is 3. The third kappa shape index (κ3) is 5.00. The summed E-state index contributed by atoms with van der Waals surface area (Å²) in [7, 11) is 0. The zero-order valence-corrected chi connectivity index (χ0v) is 17.4. The van der Waals surface area contributed by atoms with Crippen molar-refractivity contribution in [2.24, 2.45) is 5.41 Å². The molecule has 27 heavy (non-hydrogen) atoms. The van der Waals surface area contributed by atoms with Crippen LogP contribution < -0.4 is 5.73 Å². The number of aryl methyl sites for hydroxylation is 2. The lowest BCUT2D eigenvalue weighted by atomic mass is 9.89. The molecule has 0 aliphatic rings. The number of unbranched alkanes of at least 4 members (excludes halogenated alkanes) is 3. The van der Waals surface area contributed by atoms with E-state index in [4.69, 9.17) is 10.7 Å². The Balaban J connectivity index is 1.67. The maximum Gasteiger partial charge on any atom is 0.150 e.